The largest absolute Gasteiger partial charge is 0.467 e. The van der Waals surface area contributed by atoms with E-state index in [0.29, 0.717) is 33.4 Å². The number of aromatic nitrogens is 3. The fraction of sp³-hybridized carbons (Fsp3) is 0.143. The summed E-state index contributed by atoms with van der Waals surface area (Å²) in [6, 6.07) is 14.0. The van der Waals surface area contributed by atoms with Crippen molar-refractivity contribution in [1.82, 2.24) is 19.9 Å². The number of nitrogens with one attached hydrogen (secondary N) is 1. The molecule has 152 valence electrons. The van der Waals surface area contributed by atoms with E-state index in [0.717, 1.165) is 5.69 Å². The molecule has 0 saturated carbocycles. The van der Waals surface area contributed by atoms with Crippen LogP contribution < -0.4 is 10.9 Å². The Morgan fingerprint density at radius 3 is 2.87 bits per heavy atom. The highest BCUT2D eigenvalue weighted by Gasteiger charge is 2.15. The molecule has 0 fully saturated rings. The van der Waals surface area contributed by atoms with Crippen LogP contribution >= 0.6 is 23.4 Å². The van der Waals surface area contributed by atoms with Crippen LogP contribution in [0.2, 0.25) is 5.02 Å². The molecule has 7 nitrogen and oxygen atoms in total. The molecule has 30 heavy (non-hydrogen) atoms. The molecule has 0 spiro atoms. The monoisotopic (exact) mass is 440 g/mol. The maximum atomic E-state index is 13.1. The normalized spacial score (nSPS) is 11.0. The summed E-state index contributed by atoms with van der Waals surface area (Å²) in [6.45, 7) is 0.551. The van der Waals surface area contributed by atoms with E-state index in [2.05, 4.69) is 15.3 Å². The molecular weight excluding hydrogens is 424 g/mol. The van der Waals surface area contributed by atoms with Crippen molar-refractivity contribution < 1.29 is 9.21 Å². The zero-order valence-electron chi connectivity index (χ0n) is 15.7. The molecule has 0 atom stereocenters. The molecule has 1 N–H and O–H groups in total. The molecule has 4 rings (SSSR count). The summed E-state index contributed by atoms with van der Waals surface area (Å²) < 4.78 is 6.89. The summed E-state index contributed by atoms with van der Waals surface area (Å²) in [5.74, 6) is 0.535. The lowest BCUT2D eigenvalue weighted by Gasteiger charge is -2.12. The second-order valence-corrected chi connectivity index (χ2v) is 7.79. The summed E-state index contributed by atoms with van der Waals surface area (Å²) in [6.07, 6.45) is 3.22. The molecule has 0 radical (unpaired) electrons. The van der Waals surface area contributed by atoms with Crippen molar-refractivity contribution in [2.75, 3.05) is 5.75 Å². The Bertz CT molecular complexity index is 1230. The number of carbonyl (C=O) groups is 1. The third-order valence-electron chi connectivity index (χ3n) is 4.30. The molecule has 4 aromatic rings. The molecule has 0 bridgehead atoms. The van der Waals surface area contributed by atoms with Gasteiger partial charge in [0.2, 0.25) is 5.91 Å². The van der Waals surface area contributed by atoms with Gasteiger partial charge in [-0.25, -0.2) is 4.98 Å². The second kappa shape index (κ2) is 9.15. The van der Waals surface area contributed by atoms with E-state index in [9.17, 15) is 9.59 Å². The first-order valence-corrected chi connectivity index (χ1v) is 10.5. The summed E-state index contributed by atoms with van der Waals surface area (Å²) in [5, 5.41) is 4.18. The van der Waals surface area contributed by atoms with E-state index >= 15 is 0 Å². The van der Waals surface area contributed by atoms with Crippen LogP contribution in [0.3, 0.4) is 0 Å². The fourth-order valence-corrected chi connectivity index (χ4v) is 3.85. The topological polar surface area (TPSA) is 90.0 Å². The highest BCUT2D eigenvalue weighted by molar-refractivity contribution is 7.99. The number of halogens is 1. The van der Waals surface area contributed by atoms with Gasteiger partial charge in [-0.05, 0) is 42.5 Å². The van der Waals surface area contributed by atoms with E-state index in [1.807, 2.05) is 18.2 Å². The van der Waals surface area contributed by atoms with Gasteiger partial charge in [0.1, 0.15) is 5.76 Å². The molecule has 0 aliphatic carbocycles. The molecule has 0 aliphatic heterocycles. The van der Waals surface area contributed by atoms with Crippen molar-refractivity contribution in [2.24, 2.45) is 0 Å². The molecule has 9 heteroatoms. The molecule has 3 heterocycles. The Morgan fingerprint density at radius 2 is 2.10 bits per heavy atom. The first-order chi connectivity index (χ1) is 14.6. The smallest absolute Gasteiger partial charge is 0.262 e. The predicted molar refractivity (Wildman–Crippen MR) is 116 cm³/mol. The first kappa shape index (κ1) is 20.2. The average molecular weight is 441 g/mol. The number of benzene rings is 1. The first-order valence-electron chi connectivity index (χ1n) is 9.12. The fourth-order valence-electron chi connectivity index (χ4n) is 2.85. The lowest BCUT2D eigenvalue weighted by molar-refractivity contribution is -0.118. The number of hydrogen-bond acceptors (Lipinski definition) is 6. The minimum Gasteiger partial charge on any atom is -0.467 e. The summed E-state index contributed by atoms with van der Waals surface area (Å²) in [7, 11) is 0. The van der Waals surface area contributed by atoms with Crippen molar-refractivity contribution in [1.29, 1.82) is 0 Å². The van der Waals surface area contributed by atoms with Gasteiger partial charge < -0.3 is 9.73 Å². The quantitative estimate of drug-likeness (QED) is 0.349. The lowest BCUT2D eigenvalue weighted by atomic mass is 10.2. The number of nitrogens with zero attached hydrogens (tertiary/aromatic N) is 3. The van der Waals surface area contributed by atoms with Crippen molar-refractivity contribution in [3.8, 4) is 0 Å². The van der Waals surface area contributed by atoms with E-state index in [4.69, 9.17) is 16.0 Å². The van der Waals surface area contributed by atoms with Crippen molar-refractivity contribution >= 4 is 40.2 Å². The number of carbonyl (C=O) groups excluding carboxylic acids is 1. The Hall–Kier alpha value is -3.10. The Balaban J connectivity index is 1.56. The zero-order valence-corrected chi connectivity index (χ0v) is 17.3. The third-order valence-corrected chi connectivity index (χ3v) is 5.51. The average Bonchev–Trinajstić information content (AvgIpc) is 3.27. The van der Waals surface area contributed by atoms with E-state index in [1.165, 1.54) is 16.3 Å². The number of amides is 1. The number of furan rings is 1. The van der Waals surface area contributed by atoms with E-state index in [-0.39, 0.29) is 23.8 Å². The van der Waals surface area contributed by atoms with Crippen LogP contribution in [-0.2, 0) is 17.9 Å². The highest BCUT2D eigenvalue weighted by Crippen LogP contribution is 2.21. The van der Waals surface area contributed by atoms with Crippen molar-refractivity contribution in [2.45, 2.75) is 18.2 Å². The number of pyridine rings is 1. The van der Waals surface area contributed by atoms with Crippen molar-refractivity contribution in [3.63, 3.8) is 0 Å². The van der Waals surface area contributed by atoms with Gasteiger partial charge in [-0.1, -0.05) is 29.4 Å². The Morgan fingerprint density at radius 1 is 1.20 bits per heavy atom. The molecule has 0 aliphatic rings. The van der Waals surface area contributed by atoms with Crippen molar-refractivity contribution in [3.05, 3.63) is 87.8 Å². The maximum absolute atomic E-state index is 13.1. The minimum absolute atomic E-state index is 0.101. The second-order valence-electron chi connectivity index (χ2n) is 6.41. The minimum atomic E-state index is -0.218. The van der Waals surface area contributed by atoms with Gasteiger partial charge in [0, 0.05) is 11.2 Å². The SMILES string of the molecule is O=C(CSc1nc2cc(Cl)ccc2c(=O)n1Cc1ccco1)NCc1ccccn1. The van der Waals surface area contributed by atoms with Gasteiger partial charge in [-0.15, -0.1) is 0 Å². The van der Waals surface area contributed by atoms with Gasteiger partial charge in [0.25, 0.3) is 5.56 Å². The summed E-state index contributed by atoms with van der Waals surface area (Å²) in [5.41, 5.74) is 1.04. The number of thioether (sulfide) groups is 1. The van der Waals surface area contributed by atoms with Gasteiger partial charge in [-0.3, -0.25) is 19.1 Å². The lowest BCUT2D eigenvalue weighted by Crippen LogP contribution is -2.27. The van der Waals surface area contributed by atoms with Crippen LogP contribution in [0.1, 0.15) is 11.5 Å². The number of rotatable bonds is 7. The van der Waals surface area contributed by atoms with Gasteiger partial charge in [0.05, 0.1) is 41.7 Å². The van der Waals surface area contributed by atoms with Crippen LogP contribution in [0, 0.1) is 0 Å². The van der Waals surface area contributed by atoms with E-state index in [1.54, 1.807) is 42.8 Å². The van der Waals surface area contributed by atoms with E-state index < -0.39 is 0 Å². The summed E-state index contributed by atoms with van der Waals surface area (Å²) in [4.78, 5) is 34.1. The molecule has 1 amide bonds. The van der Waals surface area contributed by atoms with Crippen LogP contribution in [0.25, 0.3) is 10.9 Å². The zero-order chi connectivity index (χ0) is 20.9. The Kier molecular flexibility index (Phi) is 6.15. The standard InChI is InChI=1S/C21H17ClN4O3S/c22-14-6-7-17-18(10-14)25-21(26(20(17)28)12-16-5-3-9-29-16)30-13-19(27)24-11-15-4-1-2-8-23-15/h1-10H,11-13H2,(H,24,27). The molecular formula is C21H17ClN4O3S. The Labute approximate surface area is 181 Å². The van der Waals surface area contributed by atoms with Crippen LogP contribution in [0.15, 0.2) is 75.4 Å². The van der Waals surface area contributed by atoms with Gasteiger partial charge in [-0.2, -0.15) is 0 Å². The number of fused-ring (bicyclic) bond motifs is 1. The molecule has 0 saturated heterocycles. The van der Waals surface area contributed by atoms with Gasteiger partial charge in [0.15, 0.2) is 5.16 Å². The molecule has 3 aromatic heterocycles. The summed E-state index contributed by atoms with van der Waals surface area (Å²) >= 11 is 7.25. The highest BCUT2D eigenvalue weighted by atomic mass is 35.5. The maximum Gasteiger partial charge on any atom is 0.262 e. The van der Waals surface area contributed by atoms with Gasteiger partial charge >= 0.3 is 0 Å². The van der Waals surface area contributed by atoms with Crippen LogP contribution in [0.4, 0.5) is 0 Å². The van der Waals surface area contributed by atoms with Crippen LogP contribution in [0.5, 0.6) is 0 Å². The predicted octanol–water partition coefficient (Wildman–Crippen LogP) is 3.49. The molecule has 1 aromatic carbocycles. The third kappa shape index (κ3) is 4.72. The molecule has 0 unspecified atom stereocenters. The number of hydrogen-bond donors (Lipinski definition) is 1. The van der Waals surface area contributed by atoms with Crippen LogP contribution in [-0.4, -0.2) is 26.2 Å².